The molecule has 0 radical (unpaired) electrons. The lowest BCUT2D eigenvalue weighted by Crippen LogP contribution is -2.52. The van der Waals surface area contributed by atoms with Gasteiger partial charge in [0.25, 0.3) is 0 Å². The van der Waals surface area contributed by atoms with Crippen molar-refractivity contribution in [1.82, 2.24) is 9.97 Å². The Morgan fingerprint density at radius 3 is 2.65 bits per heavy atom. The number of anilines is 1. The Morgan fingerprint density at radius 2 is 1.91 bits per heavy atom. The number of carbonyl (C=O) groups excluding carboxylic acids is 1. The van der Waals surface area contributed by atoms with Crippen LogP contribution in [0.15, 0.2) is 12.4 Å². The lowest BCUT2D eigenvalue weighted by atomic mass is 9.49. The van der Waals surface area contributed by atoms with Gasteiger partial charge in [0.2, 0.25) is 11.9 Å². The maximum absolute atomic E-state index is 13.3. The molecule has 4 aliphatic rings. The number of carbonyl (C=O) groups is 1. The highest BCUT2D eigenvalue weighted by molar-refractivity contribution is 5.91. The van der Waals surface area contributed by atoms with Crippen molar-refractivity contribution in [3.8, 4) is 6.07 Å². The molecule has 1 aromatic rings. The van der Waals surface area contributed by atoms with Crippen LogP contribution in [0, 0.1) is 52.3 Å². The molecule has 4 saturated carbocycles. The van der Waals surface area contributed by atoms with Gasteiger partial charge in [0.1, 0.15) is 6.07 Å². The molecule has 4 fully saturated rings. The minimum atomic E-state index is -0.642. The normalized spacial score (nSPS) is 41.0. The molecule has 184 valence electrons. The Morgan fingerprint density at radius 1 is 1.15 bits per heavy atom. The number of nitriles is 1. The van der Waals surface area contributed by atoms with Gasteiger partial charge in [-0.25, -0.2) is 9.97 Å². The van der Waals surface area contributed by atoms with E-state index in [0.717, 1.165) is 44.4 Å². The van der Waals surface area contributed by atoms with Crippen molar-refractivity contribution < 1.29 is 14.6 Å². The molecule has 1 aromatic heterocycles. The van der Waals surface area contributed by atoms with E-state index < -0.39 is 5.60 Å². The number of hydrogen-bond donors (Lipinski definition) is 2. The predicted octanol–water partition coefficient (Wildman–Crippen LogP) is 4.32. The summed E-state index contributed by atoms with van der Waals surface area (Å²) >= 11 is 0. The molecule has 1 amide bonds. The van der Waals surface area contributed by atoms with Crippen LogP contribution in [0.2, 0.25) is 0 Å². The molecule has 2 N–H and O–H groups in total. The van der Waals surface area contributed by atoms with Gasteiger partial charge < -0.3 is 9.84 Å². The van der Waals surface area contributed by atoms with E-state index in [1.807, 2.05) is 13.0 Å². The number of nitrogens with zero attached hydrogens (tertiary/aromatic N) is 3. The summed E-state index contributed by atoms with van der Waals surface area (Å²) in [5.74, 6) is 3.64. The minimum Gasteiger partial charge on any atom is -0.387 e. The maximum atomic E-state index is 13.3. The lowest BCUT2D eigenvalue weighted by molar-refractivity contribution is -0.135. The van der Waals surface area contributed by atoms with Crippen LogP contribution >= 0.6 is 0 Å². The summed E-state index contributed by atoms with van der Waals surface area (Å²) < 4.78 is 5.61. The fourth-order valence-electron chi connectivity index (χ4n) is 8.46. The Bertz CT molecular complexity index is 946. The molecule has 1 heterocycles. The molecule has 0 aliphatic heterocycles. The molecule has 0 aromatic carbocycles. The largest absolute Gasteiger partial charge is 0.387 e. The van der Waals surface area contributed by atoms with Crippen LogP contribution in [0.3, 0.4) is 0 Å². The fraction of sp³-hybridized carbons (Fsp3) is 0.778. The third-order valence-electron chi connectivity index (χ3n) is 10.0. The first kappa shape index (κ1) is 23.7. The average molecular weight is 467 g/mol. The molecule has 0 saturated heterocycles. The molecular weight excluding hydrogens is 428 g/mol. The summed E-state index contributed by atoms with van der Waals surface area (Å²) in [6.45, 7) is 5.47. The number of rotatable bonds is 5. The highest BCUT2D eigenvalue weighted by atomic mass is 16.5. The van der Waals surface area contributed by atoms with Crippen LogP contribution in [0.5, 0.6) is 0 Å². The van der Waals surface area contributed by atoms with E-state index in [9.17, 15) is 9.90 Å². The van der Waals surface area contributed by atoms with Gasteiger partial charge in [-0.3, -0.25) is 10.1 Å². The van der Waals surface area contributed by atoms with Gasteiger partial charge in [-0.2, -0.15) is 5.26 Å². The highest BCUT2D eigenvalue weighted by Crippen LogP contribution is 2.64. The molecule has 4 aliphatic carbocycles. The quantitative estimate of drug-likeness (QED) is 0.669. The zero-order valence-corrected chi connectivity index (χ0v) is 20.5. The number of hydrogen-bond acceptors (Lipinski definition) is 6. The van der Waals surface area contributed by atoms with Gasteiger partial charge >= 0.3 is 0 Å². The number of nitrogens with one attached hydrogen (secondary N) is 1. The van der Waals surface area contributed by atoms with Crippen molar-refractivity contribution in [1.29, 1.82) is 5.26 Å². The monoisotopic (exact) mass is 466 g/mol. The molecule has 7 heteroatoms. The first-order valence-electron chi connectivity index (χ1n) is 13.2. The fourth-order valence-corrected chi connectivity index (χ4v) is 8.46. The molecular formula is C27H38N4O3. The molecule has 34 heavy (non-hydrogen) atoms. The summed E-state index contributed by atoms with van der Waals surface area (Å²) in [6.07, 6.45) is 12.5. The van der Waals surface area contributed by atoms with Gasteiger partial charge in [-0.15, -0.1) is 0 Å². The molecule has 0 spiro atoms. The number of amides is 1. The Kier molecular flexibility index (Phi) is 6.41. The summed E-state index contributed by atoms with van der Waals surface area (Å²) in [5.41, 5.74) is -0.231. The van der Waals surface area contributed by atoms with Crippen molar-refractivity contribution in [2.24, 2.45) is 40.9 Å². The van der Waals surface area contributed by atoms with Crippen LogP contribution in [0.25, 0.3) is 0 Å². The predicted molar refractivity (Wildman–Crippen MR) is 127 cm³/mol. The van der Waals surface area contributed by atoms with E-state index in [2.05, 4.69) is 22.2 Å². The van der Waals surface area contributed by atoms with Gasteiger partial charge in [-0.05, 0) is 99.7 Å². The highest BCUT2D eigenvalue weighted by Gasteiger charge is 2.59. The number of aliphatic hydroxyl groups is 1. The van der Waals surface area contributed by atoms with Crippen LogP contribution in [0.1, 0.15) is 77.2 Å². The second-order valence-corrected chi connectivity index (χ2v) is 11.6. The molecule has 8 unspecified atom stereocenters. The molecule has 5 rings (SSSR count). The first-order chi connectivity index (χ1) is 16.4. The summed E-state index contributed by atoms with van der Waals surface area (Å²) in [5, 5.41) is 22.9. The minimum absolute atomic E-state index is 0.0157. The standard InChI is InChI=1S/C27H38N4O3/c1-3-34-16-27(33)11-9-19-18(12-27)4-5-21-20(19)8-10-26(2)22(21)6-7-23(26)24(32)31-25-29-14-17(13-28)15-30-25/h14-15,18-23,33H,3-12,16H2,1-2H3,(H,29,30,31,32). The van der Waals surface area contributed by atoms with Gasteiger partial charge in [-0.1, -0.05) is 6.92 Å². The van der Waals surface area contributed by atoms with Crippen molar-refractivity contribution in [2.45, 2.75) is 77.2 Å². The summed E-state index contributed by atoms with van der Waals surface area (Å²) in [6, 6.07) is 2.01. The van der Waals surface area contributed by atoms with Crippen molar-refractivity contribution >= 4 is 11.9 Å². The van der Waals surface area contributed by atoms with Gasteiger partial charge in [0.15, 0.2) is 0 Å². The third-order valence-corrected chi connectivity index (χ3v) is 10.0. The van der Waals surface area contributed by atoms with Crippen LogP contribution in [-0.2, 0) is 9.53 Å². The van der Waals surface area contributed by atoms with Gasteiger partial charge in [0.05, 0.1) is 30.2 Å². The van der Waals surface area contributed by atoms with Crippen LogP contribution in [-0.4, -0.2) is 39.8 Å². The van der Waals surface area contributed by atoms with E-state index in [0.29, 0.717) is 42.4 Å². The first-order valence-corrected chi connectivity index (χ1v) is 13.2. The smallest absolute Gasteiger partial charge is 0.230 e. The SMILES string of the molecule is CCOCC1(O)CCC2C(CCC3C2CCC2(C)C(C(=O)Nc4ncc(C#N)cn4)CCC32)C1. The number of aromatic nitrogens is 2. The zero-order chi connectivity index (χ0) is 23.9. The molecule has 0 bridgehead atoms. The maximum Gasteiger partial charge on any atom is 0.230 e. The van der Waals surface area contributed by atoms with Crippen LogP contribution in [0.4, 0.5) is 5.95 Å². The van der Waals surface area contributed by atoms with E-state index >= 15 is 0 Å². The van der Waals surface area contributed by atoms with E-state index in [-0.39, 0.29) is 23.2 Å². The third kappa shape index (κ3) is 4.13. The Balaban J connectivity index is 1.25. The second kappa shape index (κ2) is 9.20. The van der Waals surface area contributed by atoms with E-state index in [1.54, 1.807) is 0 Å². The Hall–Kier alpha value is -2.04. The average Bonchev–Trinajstić information content (AvgIpc) is 3.20. The van der Waals surface area contributed by atoms with Crippen LogP contribution < -0.4 is 5.32 Å². The van der Waals surface area contributed by atoms with Crippen molar-refractivity contribution in [3.63, 3.8) is 0 Å². The topological polar surface area (TPSA) is 108 Å². The second-order valence-electron chi connectivity index (χ2n) is 11.6. The van der Waals surface area contributed by atoms with E-state index in [1.165, 1.54) is 31.7 Å². The number of fused-ring (bicyclic) bond motifs is 5. The Labute approximate surface area is 202 Å². The molecule has 8 atom stereocenters. The van der Waals surface area contributed by atoms with Gasteiger partial charge in [0, 0.05) is 12.5 Å². The lowest BCUT2D eigenvalue weighted by Gasteiger charge is -2.57. The summed E-state index contributed by atoms with van der Waals surface area (Å²) in [4.78, 5) is 21.5. The molecule has 7 nitrogen and oxygen atoms in total. The van der Waals surface area contributed by atoms with E-state index in [4.69, 9.17) is 10.00 Å². The van der Waals surface area contributed by atoms with Crippen molar-refractivity contribution in [2.75, 3.05) is 18.5 Å². The summed E-state index contributed by atoms with van der Waals surface area (Å²) in [7, 11) is 0. The zero-order valence-electron chi connectivity index (χ0n) is 20.5. The van der Waals surface area contributed by atoms with Crippen molar-refractivity contribution in [3.05, 3.63) is 18.0 Å². The number of ether oxygens (including phenoxy) is 1.